The average molecular weight is 266 g/mol. The SMILES string of the molecule is CNC(C)(CCCOc1cccc(CO)c1)C(N)=O. The van der Waals surface area contributed by atoms with Crippen LogP contribution >= 0.6 is 0 Å². The van der Waals surface area contributed by atoms with Crippen molar-refractivity contribution in [3.8, 4) is 5.75 Å². The molecule has 5 nitrogen and oxygen atoms in total. The lowest BCUT2D eigenvalue weighted by Gasteiger charge is -2.25. The lowest BCUT2D eigenvalue weighted by Crippen LogP contribution is -2.51. The van der Waals surface area contributed by atoms with E-state index >= 15 is 0 Å². The summed E-state index contributed by atoms with van der Waals surface area (Å²) in [6, 6.07) is 7.30. The Kier molecular flexibility index (Phi) is 5.79. The molecule has 1 unspecified atom stereocenters. The van der Waals surface area contributed by atoms with E-state index in [2.05, 4.69) is 5.32 Å². The van der Waals surface area contributed by atoms with E-state index in [4.69, 9.17) is 15.6 Å². The van der Waals surface area contributed by atoms with Crippen molar-refractivity contribution < 1.29 is 14.6 Å². The number of primary amides is 1. The van der Waals surface area contributed by atoms with Gasteiger partial charge in [0.15, 0.2) is 0 Å². The fourth-order valence-corrected chi connectivity index (χ4v) is 1.72. The first-order valence-electron chi connectivity index (χ1n) is 6.33. The first-order valence-corrected chi connectivity index (χ1v) is 6.33. The van der Waals surface area contributed by atoms with Gasteiger partial charge in [0.05, 0.1) is 18.8 Å². The number of hydrogen-bond acceptors (Lipinski definition) is 4. The summed E-state index contributed by atoms with van der Waals surface area (Å²) >= 11 is 0. The summed E-state index contributed by atoms with van der Waals surface area (Å²) in [6.45, 7) is 2.28. The van der Waals surface area contributed by atoms with Gasteiger partial charge < -0.3 is 20.9 Å². The second kappa shape index (κ2) is 7.11. The van der Waals surface area contributed by atoms with Gasteiger partial charge in [-0.25, -0.2) is 0 Å². The van der Waals surface area contributed by atoms with Gasteiger partial charge in [-0.1, -0.05) is 12.1 Å². The largest absolute Gasteiger partial charge is 0.494 e. The van der Waals surface area contributed by atoms with Crippen molar-refractivity contribution in [2.45, 2.75) is 31.9 Å². The fourth-order valence-electron chi connectivity index (χ4n) is 1.72. The first-order chi connectivity index (χ1) is 9.01. The molecule has 1 amide bonds. The molecule has 1 aromatic rings. The number of carbonyl (C=O) groups excluding carboxylic acids is 1. The van der Waals surface area contributed by atoms with Crippen LogP contribution in [0.4, 0.5) is 0 Å². The molecule has 5 heteroatoms. The molecule has 0 aliphatic rings. The number of hydrogen-bond donors (Lipinski definition) is 3. The van der Waals surface area contributed by atoms with E-state index in [0.29, 0.717) is 19.4 Å². The van der Waals surface area contributed by atoms with E-state index in [-0.39, 0.29) is 12.5 Å². The monoisotopic (exact) mass is 266 g/mol. The molecule has 0 aromatic heterocycles. The highest BCUT2D eigenvalue weighted by molar-refractivity contribution is 5.84. The van der Waals surface area contributed by atoms with Crippen molar-refractivity contribution in [2.24, 2.45) is 5.73 Å². The highest BCUT2D eigenvalue weighted by Crippen LogP contribution is 2.15. The van der Waals surface area contributed by atoms with Gasteiger partial charge in [0, 0.05) is 0 Å². The van der Waals surface area contributed by atoms with Crippen LogP contribution in [0.5, 0.6) is 5.75 Å². The zero-order valence-corrected chi connectivity index (χ0v) is 11.5. The van der Waals surface area contributed by atoms with Crippen LogP contribution in [-0.2, 0) is 11.4 Å². The van der Waals surface area contributed by atoms with E-state index < -0.39 is 5.54 Å². The zero-order chi connectivity index (χ0) is 14.3. The van der Waals surface area contributed by atoms with Gasteiger partial charge in [-0.2, -0.15) is 0 Å². The molecule has 0 bridgehead atoms. The minimum atomic E-state index is -0.698. The summed E-state index contributed by atoms with van der Waals surface area (Å²) in [5.74, 6) is 0.356. The number of carbonyl (C=O) groups is 1. The van der Waals surface area contributed by atoms with Crippen molar-refractivity contribution in [1.29, 1.82) is 0 Å². The van der Waals surface area contributed by atoms with Crippen LogP contribution in [0.2, 0.25) is 0 Å². The standard InChI is InChI=1S/C14H22N2O3/c1-14(16-2,13(15)18)7-4-8-19-12-6-3-5-11(9-12)10-17/h3,5-6,9,16-17H,4,7-8,10H2,1-2H3,(H2,15,18). The van der Waals surface area contributed by atoms with Gasteiger partial charge in [0.2, 0.25) is 5.91 Å². The smallest absolute Gasteiger partial charge is 0.237 e. The summed E-state index contributed by atoms with van der Waals surface area (Å²) in [6.07, 6.45) is 1.32. The van der Waals surface area contributed by atoms with Gasteiger partial charge in [-0.05, 0) is 44.5 Å². The van der Waals surface area contributed by atoms with E-state index in [1.54, 1.807) is 20.0 Å². The summed E-state index contributed by atoms with van der Waals surface area (Å²) in [4.78, 5) is 11.3. The molecule has 0 spiro atoms. The second-order valence-corrected chi connectivity index (χ2v) is 4.70. The predicted molar refractivity (Wildman–Crippen MR) is 73.8 cm³/mol. The fraction of sp³-hybridized carbons (Fsp3) is 0.500. The van der Waals surface area contributed by atoms with Gasteiger partial charge >= 0.3 is 0 Å². The third kappa shape index (κ3) is 4.54. The van der Waals surface area contributed by atoms with Crippen molar-refractivity contribution in [1.82, 2.24) is 5.32 Å². The van der Waals surface area contributed by atoms with E-state index in [1.807, 2.05) is 18.2 Å². The summed E-state index contributed by atoms with van der Waals surface area (Å²) in [5, 5.41) is 11.9. The molecule has 0 radical (unpaired) electrons. The Hall–Kier alpha value is -1.59. The molecule has 0 aliphatic carbocycles. The number of likely N-dealkylation sites (N-methyl/N-ethyl adjacent to an activating group) is 1. The molecule has 19 heavy (non-hydrogen) atoms. The molecule has 0 saturated heterocycles. The summed E-state index contributed by atoms with van der Waals surface area (Å²) in [7, 11) is 1.72. The second-order valence-electron chi connectivity index (χ2n) is 4.70. The number of aliphatic hydroxyl groups excluding tert-OH is 1. The molecule has 1 aromatic carbocycles. The molecular weight excluding hydrogens is 244 g/mol. The van der Waals surface area contributed by atoms with Crippen LogP contribution in [-0.4, -0.2) is 30.2 Å². The normalized spacial score (nSPS) is 13.8. The summed E-state index contributed by atoms with van der Waals surface area (Å²) < 4.78 is 5.58. The number of aliphatic hydroxyl groups is 1. The molecule has 0 heterocycles. The van der Waals surface area contributed by atoms with Gasteiger partial charge in [-0.15, -0.1) is 0 Å². The topological polar surface area (TPSA) is 84.6 Å². The van der Waals surface area contributed by atoms with Gasteiger partial charge in [-0.3, -0.25) is 4.79 Å². The zero-order valence-electron chi connectivity index (χ0n) is 11.5. The molecule has 1 rings (SSSR count). The first kappa shape index (κ1) is 15.5. The Morgan fingerprint density at radius 1 is 1.53 bits per heavy atom. The van der Waals surface area contributed by atoms with E-state index in [0.717, 1.165) is 11.3 Å². The highest BCUT2D eigenvalue weighted by Gasteiger charge is 2.27. The summed E-state index contributed by atoms with van der Waals surface area (Å²) in [5.41, 5.74) is 5.46. The molecule has 1 atom stereocenters. The van der Waals surface area contributed by atoms with Crippen molar-refractivity contribution in [2.75, 3.05) is 13.7 Å². The number of nitrogens with one attached hydrogen (secondary N) is 1. The van der Waals surface area contributed by atoms with Gasteiger partial charge in [0.1, 0.15) is 5.75 Å². The molecule has 0 saturated carbocycles. The predicted octanol–water partition coefficient (Wildman–Crippen LogP) is 0.801. The maximum Gasteiger partial charge on any atom is 0.237 e. The number of rotatable bonds is 8. The van der Waals surface area contributed by atoms with Crippen LogP contribution in [0, 0.1) is 0 Å². The maximum absolute atomic E-state index is 11.3. The molecule has 0 aliphatic heterocycles. The Labute approximate surface area is 113 Å². The maximum atomic E-state index is 11.3. The highest BCUT2D eigenvalue weighted by atomic mass is 16.5. The van der Waals surface area contributed by atoms with Crippen molar-refractivity contribution in [3.05, 3.63) is 29.8 Å². The molecular formula is C14H22N2O3. The van der Waals surface area contributed by atoms with Crippen LogP contribution < -0.4 is 15.8 Å². The quantitative estimate of drug-likeness (QED) is 0.608. The van der Waals surface area contributed by atoms with Crippen LogP contribution in [0.25, 0.3) is 0 Å². The number of amides is 1. The third-order valence-corrected chi connectivity index (χ3v) is 3.27. The Morgan fingerprint density at radius 2 is 2.26 bits per heavy atom. The minimum absolute atomic E-state index is 0.00327. The minimum Gasteiger partial charge on any atom is -0.494 e. The lowest BCUT2D eigenvalue weighted by molar-refractivity contribution is -0.123. The van der Waals surface area contributed by atoms with Crippen LogP contribution in [0.15, 0.2) is 24.3 Å². The third-order valence-electron chi connectivity index (χ3n) is 3.27. The van der Waals surface area contributed by atoms with E-state index in [1.165, 1.54) is 0 Å². The van der Waals surface area contributed by atoms with Gasteiger partial charge in [0.25, 0.3) is 0 Å². The van der Waals surface area contributed by atoms with Crippen LogP contribution in [0.3, 0.4) is 0 Å². The Bertz CT molecular complexity index is 423. The average Bonchev–Trinajstić information content (AvgIpc) is 2.43. The number of benzene rings is 1. The van der Waals surface area contributed by atoms with E-state index in [9.17, 15) is 4.79 Å². The van der Waals surface area contributed by atoms with Crippen molar-refractivity contribution in [3.63, 3.8) is 0 Å². The van der Waals surface area contributed by atoms with Crippen molar-refractivity contribution >= 4 is 5.91 Å². The molecule has 4 N–H and O–H groups in total. The van der Waals surface area contributed by atoms with Crippen LogP contribution in [0.1, 0.15) is 25.3 Å². The lowest BCUT2D eigenvalue weighted by atomic mass is 9.95. The molecule has 0 fully saturated rings. The Morgan fingerprint density at radius 3 is 2.84 bits per heavy atom. The number of ether oxygens (including phenoxy) is 1. The molecule has 106 valence electrons. The Balaban J connectivity index is 2.40. The number of nitrogens with two attached hydrogens (primary N) is 1.